The number of para-hydroxylation sites is 2. The lowest BCUT2D eigenvalue weighted by Crippen LogP contribution is -2.35. The largest absolute Gasteiger partial charge is 0.494 e. The van der Waals surface area contributed by atoms with Gasteiger partial charge in [-0.25, -0.2) is 13.4 Å². The van der Waals surface area contributed by atoms with E-state index < -0.39 is 10.0 Å². The van der Waals surface area contributed by atoms with Crippen molar-refractivity contribution in [3.63, 3.8) is 0 Å². The van der Waals surface area contributed by atoms with Crippen LogP contribution < -0.4 is 13.9 Å². The number of hydrogen-bond acceptors (Lipinski definition) is 7. The third kappa shape index (κ3) is 5.95. The minimum Gasteiger partial charge on any atom is -0.494 e. The smallest absolute Gasteiger partial charge is 0.264 e. The van der Waals surface area contributed by atoms with Gasteiger partial charge in [0.15, 0.2) is 5.13 Å². The number of aromatic nitrogens is 1. The van der Waals surface area contributed by atoms with E-state index in [1.54, 1.807) is 24.1 Å². The maximum absolute atomic E-state index is 13.8. The Morgan fingerprint density at radius 2 is 1.77 bits per heavy atom. The van der Waals surface area contributed by atoms with Crippen LogP contribution in [0, 0.1) is 0 Å². The topological polar surface area (TPSA) is 83.0 Å². The standard InChI is InChI=1S/C29H32N4O4S2.ClH/c1-31(2)18-8-19-32(29-30-27-25(37-3)12-6-13-26(27)38-29)28(34)22-14-16-23(17-15-22)39(35,36)33-20-7-10-21-9-4-5-11-24(21)33;/h4-6,9,11-17H,7-8,10,18-20H2,1-3H3;1H. The molecule has 0 saturated carbocycles. The Labute approximate surface area is 245 Å². The molecule has 0 unspecified atom stereocenters. The fraction of sp³-hybridized carbons (Fsp3) is 0.310. The van der Waals surface area contributed by atoms with Crippen molar-refractivity contribution >= 4 is 60.7 Å². The number of amides is 1. The Kier molecular flexibility index (Phi) is 9.35. The zero-order valence-electron chi connectivity index (χ0n) is 22.7. The van der Waals surface area contributed by atoms with Crippen LogP contribution in [0.25, 0.3) is 10.2 Å². The van der Waals surface area contributed by atoms with E-state index in [0.29, 0.717) is 35.1 Å². The van der Waals surface area contributed by atoms with Gasteiger partial charge in [0.25, 0.3) is 15.9 Å². The Morgan fingerprint density at radius 3 is 2.50 bits per heavy atom. The molecule has 0 fully saturated rings. The van der Waals surface area contributed by atoms with Gasteiger partial charge in [0, 0.05) is 18.7 Å². The molecule has 0 radical (unpaired) electrons. The number of hydrogen-bond donors (Lipinski definition) is 0. The van der Waals surface area contributed by atoms with Crippen molar-refractivity contribution in [2.45, 2.75) is 24.2 Å². The number of nitrogens with zero attached hydrogens (tertiary/aromatic N) is 4. The Bertz CT molecular complexity index is 1590. The second-order valence-electron chi connectivity index (χ2n) is 9.75. The summed E-state index contributed by atoms with van der Waals surface area (Å²) in [5.41, 5.74) is 2.87. The van der Waals surface area contributed by atoms with Crippen LogP contribution in [0.2, 0.25) is 0 Å². The minimum absolute atomic E-state index is 0. The minimum atomic E-state index is -3.76. The number of rotatable bonds is 9. The van der Waals surface area contributed by atoms with Crippen LogP contribution in [-0.2, 0) is 16.4 Å². The molecule has 4 aromatic rings. The fourth-order valence-corrected chi connectivity index (χ4v) is 7.37. The van der Waals surface area contributed by atoms with Gasteiger partial charge < -0.3 is 9.64 Å². The summed E-state index contributed by atoms with van der Waals surface area (Å²) >= 11 is 1.43. The van der Waals surface area contributed by atoms with E-state index in [0.717, 1.165) is 41.8 Å². The van der Waals surface area contributed by atoms with E-state index in [2.05, 4.69) is 4.90 Å². The van der Waals surface area contributed by atoms with Gasteiger partial charge in [-0.1, -0.05) is 35.6 Å². The number of halogens is 1. The van der Waals surface area contributed by atoms with Gasteiger partial charge in [-0.15, -0.1) is 12.4 Å². The van der Waals surface area contributed by atoms with Gasteiger partial charge in [0.05, 0.1) is 22.4 Å². The summed E-state index contributed by atoms with van der Waals surface area (Å²) in [6.07, 6.45) is 2.38. The fourth-order valence-electron chi connectivity index (χ4n) is 4.82. The summed E-state index contributed by atoms with van der Waals surface area (Å²) in [5.74, 6) is 0.434. The number of ether oxygens (including phenoxy) is 1. The van der Waals surface area contributed by atoms with Gasteiger partial charge in [-0.05, 0) is 87.9 Å². The zero-order valence-corrected chi connectivity index (χ0v) is 25.2. The molecular formula is C29H33ClN4O4S2. The highest BCUT2D eigenvalue weighted by molar-refractivity contribution is 7.92. The molecule has 212 valence electrons. The van der Waals surface area contributed by atoms with Gasteiger partial charge >= 0.3 is 0 Å². The summed E-state index contributed by atoms with van der Waals surface area (Å²) < 4.78 is 35.0. The molecule has 0 N–H and O–H groups in total. The van der Waals surface area contributed by atoms with E-state index >= 15 is 0 Å². The van der Waals surface area contributed by atoms with Gasteiger partial charge in [0.1, 0.15) is 11.3 Å². The molecule has 0 aliphatic carbocycles. The van der Waals surface area contributed by atoms with Crippen molar-refractivity contribution in [2.24, 2.45) is 0 Å². The highest BCUT2D eigenvalue weighted by atomic mass is 35.5. The van der Waals surface area contributed by atoms with E-state index in [9.17, 15) is 13.2 Å². The predicted molar refractivity (Wildman–Crippen MR) is 164 cm³/mol. The molecule has 2 heterocycles. The summed E-state index contributed by atoms with van der Waals surface area (Å²) in [6, 6.07) is 19.6. The number of thiazole rings is 1. The number of fused-ring (bicyclic) bond motifs is 2. The highest BCUT2D eigenvalue weighted by Crippen LogP contribution is 2.35. The van der Waals surface area contributed by atoms with Gasteiger partial charge in [-0.3, -0.25) is 14.0 Å². The second kappa shape index (κ2) is 12.6. The van der Waals surface area contributed by atoms with E-state index in [1.807, 2.05) is 56.6 Å². The predicted octanol–water partition coefficient (Wildman–Crippen LogP) is 5.47. The molecule has 8 nitrogen and oxygen atoms in total. The molecule has 1 aliphatic rings. The summed E-state index contributed by atoms with van der Waals surface area (Å²) in [5, 5.41) is 0.583. The number of aryl methyl sites for hydroxylation is 1. The first-order valence-corrected chi connectivity index (χ1v) is 15.2. The molecule has 0 saturated heterocycles. The third-order valence-corrected chi connectivity index (χ3v) is 9.68. The monoisotopic (exact) mass is 600 g/mol. The van der Waals surface area contributed by atoms with Crippen LogP contribution in [0.3, 0.4) is 0 Å². The number of benzene rings is 3. The van der Waals surface area contributed by atoms with Crippen LogP contribution in [0.15, 0.2) is 71.6 Å². The molecule has 3 aromatic carbocycles. The molecule has 40 heavy (non-hydrogen) atoms. The number of sulfonamides is 1. The molecule has 1 aliphatic heterocycles. The van der Waals surface area contributed by atoms with E-state index in [1.165, 1.54) is 27.8 Å². The molecule has 1 amide bonds. The van der Waals surface area contributed by atoms with Gasteiger partial charge in [-0.2, -0.15) is 0 Å². The number of carbonyl (C=O) groups is 1. The normalized spacial score (nSPS) is 13.2. The average molecular weight is 601 g/mol. The van der Waals surface area contributed by atoms with Crippen LogP contribution >= 0.6 is 23.7 Å². The Hall–Kier alpha value is -3.18. The van der Waals surface area contributed by atoms with Crippen LogP contribution in [0.1, 0.15) is 28.8 Å². The zero-order chi connectivity index (χ0) is 27.6. The maximum Gasteiger partial charge on any atom is 0.264 e. The van der Waals surface area contributed by atoms with Crippen LogP contribution in [0.5, 0.6) is 5.75 Å². The maximum atomic E-state index is 13.8. The molecular weight excluding hydrogens is 568 g/mol. The highest BCUT2D eigenvalue weighted by Gasteiger charge is 2.29. The van der Waals surface area contributed by atoms with Crippen molar-refractivity contribution in [1.82, 2.24) is 9.88 Å². The number of anilines is 2. The lowest BCUT2D eigenvalue weighted by Gasteiger charge is -2.30. The van der Waals surface area contributed by atoms with Crippen molar-refractivity contribution in [3.05, 3.63) is 77.9 Å². The van der Waals surface area contributed by atoms with Crippen LogP contribution in [-0.4, -0.2) is 65.0 Å². The van der Waals surface area contributed by atoms with Crippen molar-refractivity contribution in [3.8, 4) is 5.75 Å². The molecule has 1 aromatic heterocycles. The Balaban J connectivity index is 0.00000370. The van der Waals surface area contributed by atoms with Crippen molar-refractivity contribution < 1.29 is 17.9 Å². The van der Waals surface area contributed by atoms with Gasteiger partial charge in [0.2, 0.25) is 0 Å². The lowest BCUT2D eigenvalue weighted by molar-refractivity contribution is 0.0986. The number of methoxy groups -OCH3 is 1. The van der Waals surface area contributed by atoms with Crippen molar-refractivity contribution in [1.29, 1.82) is 0 Å². The van der Waals surface area contributed by atoms with E-state index in [-0.39, 0.29) is 23.2 Å². The first kappa shape index (κ1) is 29.8. The lowest BCUT2D eigenvalue weighted by atomic mass is 10.0. The first-order valence-electron chi connectivity index (χ1n) is 12.9. The summed E-state index contributed by atoms with van der Waals surface area (Å²) in [7, 11) is 1.83. The van der Waals surface area contributed by atoms with E-state index in [4.69, 9.17) is 9.72 Å². The third-order valence-electron chi connectivity index (χ3n) is 6.81. The molecule has 11 heteroatoms. The quantitative estimate of drug-likeness (QED) is 0.253. The SMILES string of the molecule is COc1cccc2sc(N(CCCN(C)C)C(=O)c3ccc(S(=O)(=O)N4CCCc5ccccc54)cc3)nc12.Cl. The molecule has 0 bridgehead atoms. The first-order chi connectivity index (χ1) is 18.8. The Morgan fingerprint density at radius 1 is 1.02 bits per heavy atom. The summed E-state index contributed by atoms with van der Waals surface area (Å²) in [4.78, 5) is 22.4. The molecule has 0 atom stereocenters. The molecule has 5 rings (SSSR count). The van der Waals surface area contributed by atoms with Crippen LogP contribution in [0.4, 0.5) is 10.8 Å². The average Bonchev–Trinajstić information content (AvgIpc) is 3.39. The number of carbonyl (C=O) groups excluding carboxylic acids is 1. The second-order valence-corrected chi connectivity index (χ2v) is 12.6. The molecule has 0 spiro atoms. The van der Waals surface area contributed by atoms with Crippen molar-refractivity contribution in [2.75, 3.05) is 50.0 Å². The summed E-state index contributed by atoms with van der Waals surface area (Å²) in [6.45, 7) is 1.72.